The zero-order chi connectivity index (χ0) is 34.5. The summed E-state index contributed by atoms with van der Waals surface area (Å²) in [7, 11) is 5.09. The van der Waals surface area contributed by atoms with Gasteiger partial charge in [0.25, 0.3) is 0 Å². The van der Waals surface area contributed by atoms with E-state index in [1.54, 1.807) is 0 Å². The summed E-state index contributed by atoms with van der Waals surface area (Å²) >= 11 is 16.7. The van der Waals surface area contributed by atoms with Crippen LogP contribution in [-0.4, -0.2) is 54.2 Å². The number of carbonyl (C=O) groups is 2. The Morgan fingerprint density at radius 3 is 1.23 bits per heavy atom. The molecule has 0 aliphatic carbocycles. The maximum absolute atomic E-state index is 10.2. The van der Waals surface area contributed by atoms with Crippen molar-refractivity contribution in [2.75, 3.05) is 12.8 Å². The number of carbonyl (C=O) groups excluding carboxylic acids is 2. The van der Waals surface area contributed by atoms with Crippen molar-refractivity contribution < 1.29 is 99.8 Å². The number of aryl methyl sites for hydroxylation is 3. The summed E-state index contributed by atoms with van der Waals surface area (Å²) in [5, 5.41) is 14.4. The predicted molar refractivity (Wildman–Crippen MR) is 231 cm³/mol. The topological polar surface area (TPSA) is 128 Å². The molecule has 0 aliphatic heterocycles. The van der Waals surface area contributed by atoms with Crippen LogP contribution in [0.2, 0.25) is 0 Å². The Morgan fingerprint density at radius 1 is 0.930 bits per heavy atom. The van der Waals surface area contributed by atoms with Crippen LogP contribution >= 0.6 is 120 Å². The van der Waals surface area contributed by atoms with Crippen molar-refractivity contribution in [1.82, 2.24) is 9.13 Å². The average Bonchev–Trinajstić information content (AvgIpc) is 3.26. The molecule has 18 heteroatoms. The number of halogens is 6. The molecule has 251 valence electrons. The number of Topliss-reactive ketones (excluding diaryl/α,β-unsaturated/α-hetero) is 2. The van der Waals surface area contributed by atoms with E-state index in [4.69, 9.17) is 5.73 Å². The molecule has 1 radical (unpaired) electrons. The van der Waals surface area contributed by atoms with Gasteiger partial charge in [0, 0.05) is 93.8 Å². The van der Waals surface area contributed by atoms with Crippen molar-refractivity contribution >= 4 is 158 Å². The number of nitrogens with two attached hydrogens (primary N) is 2. The van der Waals surface area contributed by atoms with Gasteiger partial charge in [-0.25, -0.2) is 0 Å². The molecule has 0 amide bonds. The molecule has 0 fully saturated rings. The summed E-state index contributed by atoms with van der Waals surface area (Å²) in [6, 6.07) is 6.22. The number of anilines is 1. The number of hydrogen-bond acceptors (Lipinski definition) is 4. The number of nitrogen functional groups attached to an aromatic ring is 1. The first-order chi connectivity index (χ1) is 18.6. The molecule has 2 aromatic heterocycles. The molecule has 2 aromatic rings. The second-order valence-electron chi connectivity index (χ2n) is 7.44. The molecule has 0 saturated heterocycles. The quantitative estimate of drug-likeness (QED) is 0.305. The van der Waals surface area contributed by atoms with Crippen LogP contribution in [0.15, 0.2) is 18.2 Å². The van der Waals surface area contributed by atoms with Crippen molar-refractivity contribution in [1.29, 1.82) is 0 Å². The number of aromatic nitrogens is 2. The Balaban J connectivity index is -0.0000000568. The number of hydrogen-bond donors (Lipinski definition) is 2. The first kappa shape index (κ1) is 66.5. The van der Waals surface area contributed by atoms with E-state index in [9.17, 15) is 9.59 Å². The molecule has 0 atom stereocenters. The fourth-order valence-electron chi connectivity index (χ4n) is 1.98. The van der Waals surface area contributed by atoms with E-state index in [2.05, 4.69) is 206 Å². The summed E-state index contributed by atoms with van der Waals surface area (Å²) in [5.41, 5.74) is 16.0. The van der Waals surface area contributed by atoms with Gasteiger partial charge >= 0.3 is 181 Å². The minimum atomic E-state index is -1.22. The molecule has 0 aromatic carbocycles. The van der Waals surface area contributed by atoms with E-state index in [1.165, 1.54) is 38.0 Å². The van der Waals surface area contributed by atoms with Crippen LogP contribution in [0.25, 0.3) is 0 Å². The van der Waals surface area contributed by atoms with E-state index in [0.29, 0.717) is 25.3 Å². The van der Waals surface area contributed by atoms with Crippen LogP contribution in [-0.2, 0) is 64.3 Å². The third kappa shape index (κ3) is 62.8. The van der Waals surface area contributed by atoms with Gasteiger partial charge in [-0.05, 0) is 66.8 Å². The Morgan fingerprint density at radius 2 is 1.16 bits per heavy atom. The van der Waals surface area contributed by atoms with Gasteiger partial charge in [0.15, 0.2) is 0 Å². The van der Waals surface area contributed by atoms with E-state index < -0.39 is 11.2 Å². The first-order valence-corrected chi connectivity index (χ1v) is 42.3. The molecular weight excluding hydrogens is 1600 g/mol. The van der Waals surface area contributed by atoms with Gasteiger partial charge in [-0.2, -0.15) is 0 Å². The maximum atomic E-state index is 10.2. The SMILES string of the molecule is CC(=O)CCC(C)=O.CN.Cc1cc(N)c(C)n1C.Cc1ccc(C)n1C.O.[Ac].[CH2]=[V].[CH2]=[V]([I])([I])[I].[CH2]=[V]([I])[I].[CH2]=[V][I]. The van der Waals surface area contributed by atoms with Gasteiger partial charge in [0.2, 0.25) is 0 Å². The molecule has 43 heavy (non-hydrogen) atoms. The van der Waals surface area contributed by atoms with Gasteiger partial charge in [0.05, 0.1) is 5.69 Å². The van der Waals surface area contributed by atoms with Crippen LogP contribution in [0.5, 0.6) is 0 Å². The van der Waals surface area contributed by atoms with Crippen LogP contribution in [0.4, 0.5) is 5.69 Å². The summed E-state index contributed by atoms with van der Waals surface area (Å²) in [5.74, 6) is 0.167. The molecule has 0 unspecified atom stereocenters. The van der Waals surface area contributed by atoms with Crippen molar-refractivity contribution in [3.05, 3.63) is 41.0 Å². The summed E-state index contributed by atoms with van der Waals surface area (Å²) < 4.78 is 3.03. The molecule has 7 nitrogen and oxygen atoms in total. The zero-order valence-corrected chi connectivity index (χ0v) is 49.8. The van der Waals surface area contributed by atoms with Gasteiger partial charge in [-0.1, -0.05) is 0 Å². The predicted octanol–water partition coefficient (Wildman–Crippen LogP) is 7.74. The monoisotopic (exact) mass is 1640 g/mol. The van der Waals surface area contributed by atoms with Crippen LogP contribution < -0.4 is 11.5 Å². The summed E-state index contributed by atoms with van der Waals surface area (Å²) in [6.07, 6.45) is 0.796. The number of nitrogens with zero attached hydrogens (tertiary/aromatic N) is 2. The third-order valence-electron chi connectivity index (χ3n) is 4.27. The molecule has 2 rings (SSSR count). The van der Waals surface area contributed by atoms with Crippen molar-refractivity contribution in [2.24, 2.45) is 19.8 Å². The fourth-order valence-corrected chi connectivity index (χ4v) is 1.98. The molecule has 2 heterocycles. The number of ketones is 2. The van der Waals surface area contributed by atoms with Gasteiger partial charge in [-0.3, -0.25) is 0 Å². The van der Waals surface area contributed by atoms with Gasteiger partial charge < -0.3 is 35.7 Å². The van der Waals surface area contributed by atoms with Gasteiger partial charge in [0.1, 0.15) is 11.6 Å². The van der Waals surface area contributed by atoms with Crippen molar-refractivity contribution in [3.63, 3.8) is 0 Å². The summed E-state index contributed by atoms with van der Waals surface area (Å²) in [4.78, 5) is 20.4. The Kier molecular flexibility index (Phi) is 70.0. The average molecular weight is 1640 g/mol. The molecule has 0 bridgehead atoms. The van der Waals surface area contributed by atoms with Crippen molar-refractivity contribution in [3.8, 4) is 0 Å². The van der Waals surface area contributed by atoms with Crippen LogP contribution in [0, 0.1) is 71.8 Å². The zero-order valence-electron chi connectivity index (χ0n) is 26.5. The van der Waals surface area contributed by atoms with Gasteiger partial charge in [-0.15, -0.1) is 0 Å². The van der Waals surface area contributed by atoms with E-state index in [0.717, 1.165) is 11.4 Å². The Labute approximate surface area is 386 Å². The Bertz CT molecular complexity index is 984. The molecule has 0 aliphatic rings. The first-order valence-electron chi connectivity index (χ1n) is 11.3. The van der Waals surface area contributed by atoms with Crippen molar-refractivity contribution in [2.45, 2.75) is 54.4 Å². The molecule has 0 saturated carbocycles. The second kappa shape index (κ2) is 45.3. The van der Waals surface area contributed by atoms with E-state index in [-0.39, 0.29) is 61.1 Å². The Hall–Kier alpha value is 5.26. The molecule has 0 spiro atoms. The van der Waals surface area contributed by atoms with E-state index in [1.807, 2.05) is 27.0 Å². The normalized spacial score (nSPS) is 8.07. The molecular formula is C25H48AcI6N4O3V4. The minimum absolute atomic E-state index is 0. The second-order valence-corrected chi connectivity index (χ2v) is 73.7. The number of rotatable bonds is 3. The van der Waals surface area contributed by atoms with Crippen LogP contribution in [0.3, 0.4) is 0 Å². The summed E-state index contributed by atoms with van der Waals surface area (Å²) in [6.45, 7) is 11.2. The fraction of sp³-hybridized carbons (Fsp3) is 0.440. The standard InChI is InChI=1S/C7H12N2.C7H11N.C6H10O2.CH5N.4CH2.Ac.6HI.H2O.4V/c1-5-4-7(8)6(2)9(5)3;1-6-4-5-7(2)8(6)3;1-5(7)3-4-6(2)8;1-2;;;;;;;;;;;;;;;;/h4H,8H2,1-3H3;4-5H,1-3H3;3-4H2,1-2H3;2H2,1H3;4*1H2;;6*1H;1H2;;;;/q;;;;;;;;;;;;;;;;;+1;+2;+3/p-6. The third-order valence-corrected chi connectivity index (χ3v) is 4.27. The van der Waals surface area contributed by atoms with E-state index >= 15 is 0 Å². The van der Waals surface area contributed by atoms with Crippen LogP contribution in [0.1, 0.15) is 49.5 Å². The molecule has 6 N–H and O–H groups in total.